The lowest BCUT2D eigenvalue weighted by Crippen LogP contribution is -2.71. The van der Waals surface area contributed by atoms with Crippen LogP contribution in [0.5, 0.6) is 0 Å². The molecule has 1 amide bonds. The molecule has 5 rings (SSSR count). The quantitative estimate of drug-likeness (QED) is 0.632. The van der Waals surface area contributed by atoms with Crippen LogP contribution in [0.1, 0.15) is 97.3 Å². The van der Waals surface area contributed by atoms with Crippen LogP contribution in [0.2, 0.25) is 0 Å². The van der Waals surface area contributed by atoms with Crippen molar-refractivity contribution in [2.75, 3.05) is 6.54 Å². The molecule has 5 aliphatic rings. The normalized spacial score (nSPS) is 50.9. The number of alkyl halides is 1. The number of aliphatic hydroxyl groups is 2. The highest BCUT2D eigenvalue weighted by Crippen LogP contribution is 2.67. The van der Waals surface area contributed by atoms with Gasteiger partial charge in [-0.1, -0.05) is 26.2 Å². The summed E-state index contributed by atoms with van der Waals surface area (Å²) in [5, 5.41) is 21.0. The van der Waals surface area contributed by atoms with Gasteiger partial charge >= 0.3 is 0 Å². The van der Waals surface area contributed by atoms with E-state index in [-0.39, 0.29) is 29.2 Å². The van der Waals surface area contributed by atoms with Crippen LogP contribution in [0.4, 0.5) is 4.39 Å². The van der Waals surface area contributed by atoms with Crippen molar-refractivity contribution in [1.29, 1.82) is 0 Å². The highest BCUT2D eigenvalue weighted by molar-refractivity contribution is 5.80. The van der Waals surface area contributed by atoms with Gasteiger partial charge in [0.2, 0.25) is 5.91 Å². The number of hydrogen-bond acceptors (Lipinski definition) is 3. The van der Waals surface area contributed by atoms with E-state index in [0.717, 1.165) is 64.3 Å². The van der Waals surface area contributed by atoms with E-state index < -0.39 is 23.3 Å². The summed E-state index contributed by atoms with van der Waals surface area (Å²) in [5.41, 5.74) is -2.12. The van der Waals surface area contributed by atoms with Crippen molar-refractivity contribution in [3.05, 3.63) is 0 Å². The van der Waals surface area contributed by atoms with Gasteiger partial charge in [-0.05, 0) is 88.9 Å². The van der Waals surface area contributed by atoms with Crippen LogP contribution in [0.3, 0.4) is 0 Å². The Morgan fingerprint density at radius 2 is 1.55 bits per heavy atom. The lowest BCUT2D eigenvalue weighted by Gasteiger charge is -2.67. The van der Waals surface area contributed by atoms with Gasteiger partial charge in [0.25, 0.3) is 0 Å². The summed E-state index contributed by atoms with van der Waals surface area (Å²) in [5.74, 6) is 0.510. The first-order chi connectivity index (χ1) is 14.7. The molecular formula is C26H42FNO3. The second-order valence-electron chi connectivity index (χ2n) is 12.1. The first kappa shape index (κ1) is 22.1. The molecule has 0 spiro atoms. The third kappa shape index (κ3) is 3.08. The summed E-state index contributed by atoms with van der Waals surface area (Å²) < 4.78 is 17.2. The highest BCUT2D eigenvalue weighted by Gasteiger charge is 2.69. The molecule has 4 saturated carbocycles. The lowest BCUT2D eigenvalue weighted by molar-refractivity contribution is -0.237. The Hall–Kier alpha value is -0.680. The van der Waals surface area contributed by atoms with Gasteiger partial charge in [-0.2, -0.15) is 0 Å². The van der Waals surface area contributed by atoms with Crippen molar-refractivity contribution in [2.45, 2.75) is 121 Å². The molecule has 0 bridgehead atoms. The average Bonchev–Trinajstić information content (AvgIpc) is 2.77. The summed E-state index contributed by atoms with van der Waals surface area (Å²) in [6.45, 7) is 5.14. The Balaban J connectivity index is 1.43. The van der Waals surface area contributed by atoms with Crippen LogP contribution in [0.25, 0.3) is 0 Å². The van der Waals surface area contributed by atoms with Gasteiger partial charge in [0.1, 0.15) is 5.67 Å². The number of likely N-dealkylation sites (tertiary alicyclic amines) is 1. The minimum Gasteiger partial charge on any atom is -0.390 e. The third-order valence-electron chi connectivity index (χ3n) is 10.9. The zero-order chi connectivity index (χ0) is 22.0. The van der Waals surface area contributed by atoms with Gasteiger partial charge in [0.15, 0.2) is 0 Å². The summed E-state index contributed by atoms with van der Waals surface area (Å²) >= 11 is 0. The number of carbonyl (C=O) groups excluding carboxylic acids is 1. The van der Waals surface area contributed by atoms with Gasteiger partial charge in [0, 0.05) is 23.4 Å². The lowest BCUT2D eigenvalue weighted by atomic mass is 9.43. The average molecular weight is 436 g/mol. The molecule has 1 aliphatic heterocycles. The van der Waals surface area contributed by atoms with E-state index in [2.05, 4.69) is 18.7 Å². The minimum atomic E-state index is -1.31. The Morgan fingerprint density at radius 1 is 0.839 bits per heavy atom. The van der Waals surface area contributed by atoms with Gasteiger partial charge in [-0.25, -0.2) is 4.39 Å². The molecule has 1 unspecified atom stereocenters. The van der Waals surface area contributed by atoms with Crippen LogP contribution in [0.15, 0.2) is 0 Å². The van der Waals surface area contributed by atoms with E-state index >= 15 is 4.39 Å². The van der Waals surface area contributed by atoms with E-state index in [9.17, 15) is 15.0 Å². The van der Waals surface area contributed by atoms with E-state index in [1.165, 1.54) is 6.42 Å². The standard InChI is InChI=1S/C26H42FNO3/c1-24-13-12-21(29)22(30)20(24)11-10-19-18-9-6-16-28(23(31)17-7-4-3-5-8-17)25(18,2)14-15-26(19,24)27/h17-22,29-30H,3-16H2,1-2H3/t18-,19-,20?,21-,22+,24-,25-,26+/m0/s1. The Bertz CT molecular complexity index is 711. The van der Waals surface area contributed by atoms with E-state index in [1.54, 1.807) is 0 Å². The number of carbonyl (C=O) groups is 1. The maximum Gasteiger partial charge on any atom is 0.226 e. The number of piperidine rings is 1. The summed E-state index contributed by atoms with van der Waals surface area (Å²) in [4.78, 5) is 15.8. The zero-order valence-electron chi connectivity index (χ0n) is 19.5. The van der Waals surface area contributed by atoms with E-state index in [1.807, 2.05) is 0 Å². The third-order valence-corrected chi connectivity index (χ3v) is 10.9. The maximum absolute atomic E-state index is 17.2. The summed E-state index contributed by atoms with van der Waals surface area (Å²) in [6.07, 6.45) is 9.97. The minimum absolute atomic E-state index is 0.0445. The van der Waals surface area contributed by atoms with Crippen LogP contribution < -0.4 is 0 Å². The fourth-order valence-electron chi connectivity index (χ4n) is 9.01. The van der Waals surface area contributed by atoms with Crippen molar-refractivity contribution in [1.82, 2.24) is 4.90 Å². The molecule has 0 aromatic rings. The van der Waals surface area contributed by atoms with Crippen molar-refractivity contribution in [3.63, 3.8) is 0 Å². The first-order valence-electron chi connectivity index (χ1n) is 13.1. The molecular weight excluding hydrogens is 393 g/mol. The highest BCUT2D eigenvalue weighted by atomic mass is 19.1. The molecule has 2 N–H and O–H groups in total. The number of hydrogen-bond donors (Lipinski definition) is 2. The molecule has 1 heterocycles. The van der Waals surface area contributed by atoms with Crippen LogP contribution >= 0.6 is 0 Å². The summed E-state index contributed by atoms with van der Waals surface area (Å²) in [6, 6.07) is 0. The number of amides is 1. The predicted octanol–water partition coefficient (Wildman–Crippen LogP) is 4.61. The molecule has 4 nitrogen and oxygen atoms in total. The fraction of sp³-hybridized carbons (Fsp3) is 0.962. The van der Waals surface area contributed by atoms with Crippen LogP contribution in [-0.4, -0.2) is 51.0 Å². The van der Waals surface area contributed by atoms with Gasteiger partial charge in [0.05, 0.1) is 12.2 Å². The number of rotatable bonds is 1. The Morgan fingerprint density at radius 3 is 2.29 bits per heavy atom. The van der Waals surface area contributed by atoms with Gasteiger partial charge in [-0.3, -0.25) is 4.79 Å². The molecule has 5 fully saturated rings. The number of fused-ring (bicyclic) bond motifs is 5. The molecule has 4 aliphatic carbocycles. The Kier molecular flexibility index (Phi) is 5.49. The molecule has 0 radical (unpaired) electrons. The summed E-state index contributed by atoms with van der Waals surface area (Å²) in [7, 11) is 0. The molecule has 5 heteroatoms. The smallest absolute Gasteiger partial charge is 0.226 e. The van der Waals surface area contributed by atoms with Crippen LogP contribution in [0, 0.1) is 29.1 Å². The second kappa shape index (κ2) is 7.68. The monoisotopic (exact) mass is 435 g/mol. The predicted molar refractivity (Wildman–Crippen MR) is 118 cm³/mol. The molecule has 8 atom stereocenters. The number of aliphatic hydroxyl groups excluding tert-OH is 2. The second-order valence-corrected chi connectivity index (χ2v) is 12.1. The first-order valence-corrected chi connectivity index (χ1v) is 13.1. The zero-order valence-corrected chi connectivity index (χ0v) is 19.5. The molecule has 0 aromatic heterocycles. The van der Waals surface area contributed by atoms with Gasteiger partial charge < -0.3 is 15.1 Å². The Labute approximate surface area is 187 Å². The number of halogens is 1. The molecule has 31 heavy (non-hydrogen) atoms. The largest absolute Gasteiger partial charge is 0.390 e. The topological polar surface area (TPSA) is 60.8 Å². The van der Waals surface area contributed by atoms with Crippen molar-refractivity contribution < 1.29 is 19.4 Å². The SMILES string of the molecule is C[C@]12CC[C@@]3(F)[C@@H](CCC4[C@@H](O)[C@@H](O)CC[C@@]43C)[C@@H]1CCCN2C(=O)C1CCCCC1. The fourth-order valence-corrected chi connectivity index (χ4v) is 9.01. The van der Waals surface area contributed by atoms with Gasteiger partial charge in [-0.15, -0.1) is 0 Å². The molecule has 1 saturated heterocycles. The number of nitrogens with zero attached hydrogens (tertiary/aromatic N) is 1. The van der Waals surface area contributed by atoms with E-state index in [0.29, 0.717) is 25.2 Å². The molecule has 0 aromatic carbocycles. The van der Waals surface area contributed by atoms with Crippen LogP contribution in [-0.2, 0) is 4.79 Å². The van der Waals surface area contributed by atoms with Crippen molar-refractivity contribution in [2.24, 2.45) is 29.1 Å². The maximum atomic E-state index is 17.2. The molecule has 176 valence electrons. The van der Waals surface area contributed by atoms with Crippen molar-refractivity contribution >= 4 is 5.91 Å². The van der Waals surface area contributed by atoms with E-state index in [4.69, 9.17) is 0 Å². The van der Waals surface area contributed by atoms with Crippen molar-refractivity contribution in [3.8, 4) is 0 Å².